The molecule has 2 aromatic rings. The van der Waals surface area contributed by atoms with Crippen LogP contribution in [0.25, 0.3) is 0 Å². The standard InChI is InChI=1S/C15H16FN3O2/c1-3-21-15(20)13-8-11(17)9-18-14(13)19(2)12-6-4-10(16)5-7-12/h4-9H,3,17H2,1-2H3. The number of carbonyl (C=O) groups excluding carboxylic acids is 1. The van der Waals surface area contributed by atoms with Gasteiger partial charge in [0, 0.05) is 12.7 Å². The lowest BCUT2D eigenvalue weighted by molar-refractivity contribution is 0.0527. The molecule has 0 saturated carbocycles. The topological polar surface area (TPSA) is 68.5 Å². The van der Waals surface area contributed by atoms with Gasteiger partial charge in [-0.3, -0.25) is 0 Å². The van der Waals surface area contributed by atoms with Gasteiger partial charge in [-0.05, 0) is 37.3 Å². The van der Waals surface area contributed by atoms with E-state index in [0.717, 1.165) is 0 Å². The fourth-order valence-electron chi connectivity index (χ4n) is 1.89. The third kappa shape index (κ3) is 3.28. The van der Waals surface area contributed by atoms with Crippen LogP contribution in [0.2, 0.25) is 0 Å². The van der Waals surface area contributed by atoms with Gasteiger partial charge in [0.15, 0.2) is 0 Å². The summed E-state index contributed by atoms with van der Waals surface area (Å²) in [6.07, 6.45) is 1.46. The van der Waals surface area contributed by atoms with Crippen LogP contribution in [0, 0.1) is 5.82 Å². The van der Waals surface area contributed by atoms with E-state index in [1.54, 1.807) is 31.0 Å². The number of hydrogen-bond donors (Lipinski definition) is 1. The first kappa shape index (κ1) is 14.8. The Bertz CT molecular complexity index is 644. The van der Waals surface area contributed by atoms with Crippen molar-refractivity contribution in [3.05, 3.63) is 47.9 Å². The summed E-state index contributed by atoms with van der Waals surface area (Å²) in [7, 11) is 1.73. The first-order valence-corrected chi connectivity index (χ1v) is 6.45. The smallest absolute Gasteiger partial charge is 0.341 e. The number of nitrogen functional groups attached to an aromatic ring is 1. The van der Waals surface area contributed by atoms with Crippen LogP contribution in [0.1, 0.15) is 17.3 Å². The first-order chi connectivity index (χ1) is 10.0. The van der Waals surface area contributed by atoms with Crippen LogP contribution in [0.5, 0.6) is 0 Å². The molecule has 1 aromatic carbocycles. The molecule has 0 atom stereocenters. The second kappa shape index (κ2) is 6.21. The van der Waals surface area contributed by atoms with E-state index in [4.69, 9.17) is 10.5 Å². The average Bonchev–Trinajstić information content (AvgIpc) is 2.47. The second-order valence-electron chi connectivity index (χ2n) is 4.40. The van der Waals surface area contributed by atoms with E-state index in [-0.39, 0.29) is 18.0 Å². The molecule has 2 N–H and O–H groups in total. The predicted octanol–water partition coefficient (Wildman–Crippen LogP) is 2.75. The monoisotopic (exact) mass is 289 g/mol. The van der Waals surface area contributed by atoms with Crippen LogP contribution >= 0.6 is 0 Å². The summed E-state index contributed by atoms with van der Waals surface area (Å²) in [5.41, 5.74) is 7.01. The van der Waals surface area contributed by atoms with Gasteiger partial charge in [0.05, 0.1) is 18.5 Å². The Balaban J connectivity index is 2.42. The number of benzene rings is 1. The average molecular weight is 289 g/mol. The van der Waals surface area contributed by atoms with E-state index >= 15 is 0 Å². The molecule has 2 rings (SSSR count). The number of aromatic nitrogens is 1. The van der Waals surface area contributed by atoms with Gasteiger partial charge < -0.3 is 15.4 Å². The molecule has 110 valence electrons. The highest BCUT2D eigenvalue weighted by atomic mass is 19.1. The van der Waals surface area contributed by atoms with Gasteiger partial charge in [-0.15, -0.1) is 0 Å². The maximum Gasteiger partial charge on any atom is 0.341 e. The van der Waals surface area contributed by atoms with Crippen molar-refractivity contribution in [2.75, 3.05) is 24.3 Å². The Morgan fingerprint density at radius 1 is 1.38 bits per heavy atom. The van der Waals surface area contributed by atoms with Gasteiger partial charge in [0.25, 0.3) is 0 Å². The SMILES string of the molecule is CCOC(=O)c1cc(N)cnc1N(C)c1ccc(F)cc1. The molecule has 5 nitrogen and oxygen atoms in total. The van der Waals surface area contributed by atoms with Crippen molar-refractivity contribution < 1.29 is 13.9 Å². The van der Waals surface area contributed by atoms with Crippen molar-refractivity contribution in [3.63, 3.8) is 0 Å². The molecule has 0 aliphatic rings. The number of nitrogens with zero attached hydrogens (tertiary/aromatic N) is 2. The van der Waals surface area contributed by atoms with Gasteiger partial charge in [0.1, 0.15) is 17.2 Å². The normalized spacial score (nSPS) is 10.2. The van der Waals surface area contributed by atoms with Gasteiger partial charge in [-0.1, -0.05) is 0 Å². The Labute approximate surface area is 122 Å². The molecule has 0 radical (unpaired) electrons. The summed E-state index contributed by atoms with van der Waals surface area (Å²) >= 11 is 0. The third-order valence-electron chi connectivity index (χ3n) is 2.91. The lowest BCUT2D eigenvalue weighted by Gasteiger charge is -2.21. The molecule has 1 aromatic heterocycles. The molecule has 0 fully saturated rings. The molecule has 0 aliphatic carbocycles. The van der Waals surface area contributed by atoms with E-state index in [0.29, 0.717) is 17.2 Å². The van der Waals surface area contributed by atoms with Crippen molar-refractivity contribution in [1.29, 1.82) is 0 Å². The molecule has 1 heterocycles. The highest BCUT2D eigenvalue weighted by molar-refractivity contribution is 5.96. The van der Waals surface area contributed by atoms with Crippen LogP contribution in [0.15, 0.2) is 36.5 Å². The van der Waals surface area contributed by atoms with Crippen molar-refractivity contribution >= 4 is 23.2 Å². The summed E-state index contributed by atoms with van der Waals surface area (Å²) in [5.74, 6) is -0.432. The molecule has 0 aliphatic heterocycles. The van der Waals surface area contributed by atoms with Crippen molar-refractivity contribution in [2.24, 2.45) is 0 Å². The number of ether oxygens (including phenoxy) is 1. The minimum Gasteiger partial charge on any atom is -0.462 e. The van der Waals surface area contributed by atoms with Gasteiger partial charge in [-0.25, -0.2) is 14.2 Å². The zero-order valence-corrected chi connectivity index (χ0v) is 11.8. The van der Waals surface area contributed by atoms with Crippen molar-refractivity contribution in [1.82, 2.24) is 4.98 Å². The second-order valence-corrected chi connectivity index (χ2v) is 4.40. The Hall–Kier alpha value is -2.63. The maximum absolute atomic E-state index is 13.0. The molecule has 0 saturated heterocycles. The zero-order valence-electron chi connectivity index (χ0n) is 11.8. The molecule has 0 bridgehead atoms. The molecule has 21 heavy (non-hydrogen) atoms. The van der Waals surface area contributed by atoms with E-state index in [2.05, 4.69) is 4.98 Å². The fraction of sp³-hybridized carbons (Fsp3) is 0.200. The molecule has 6 heteroatoms. The summed E-state index contributed by atoms with van der Waals surface area (Å²) in [4.78, 5) is 17.9. The zero-order chi connectivity index (χ0) is 15.4. The lowest BCUT2D eigenvalue weighted by Crippen LogP contribution is -2.17. The number of halogens is 1. The predicted molar refractivity (Wildman–Crippen MR) is 79.1 cm³/mol. The van der Waals surface area contributed by atoms with Crippen molar-refractivity contribution in [2.45, 2.75) is 6.92 Å². The Morgan fingerprint density at radius 3 is 2.67 bits per heavy atom. The fourth-order valence-corrected chi connectivity index (χ4v) is 1.89. The highest BCUT2D eigenvalue weighted by Crippen LogP contribution is 2.27. The van der Waals surface area contributed by atoms with E-state index in [1.807, 2.05) is 0 Å². The minimum atomic E-state index is -0.499. The van der Waals surface area contributed by atoms with Crippen LogP contribution < -0.4 is 10.6 Å². The maximum atomic E-state index is 13.0. The van der Waals surface area contributed by atoms with Crippen LogP contribution in [0.3, 0.4) is 0 Å². The summed E-state index contributed by atoms with van der Waals surface area (Å²) < 4.78 is 18.0. The molecule has 0 unspecified atom stereocenters. The number of pyridine rings is 1. The third-order valence-corrected chi connectivity index (χ3v) is 2.91. The van der Waals surface area contributed by atoms with Crippen molar-refractivity contribution in [3.8, 4) is 0 Å². The van der Waals surface area contributed by atoms with Crippen LogP contribution in [-0.4, -0.2) is 24.6 Å². The number of carbonyl (C=O) groups is 1. The quantitative estimate of drug-likeness (QED) is 0.876. The molecular weight excluding hydrogens is 273 g/mol. The van der Waals surface area contributed by atoms with Gasteiger partial charge >= 0.3 is 5.97 Å². The molecular formula is C15H16FN3O2. The highest BCUT2D eigenvalue weighted by Gasteiger charge is 2.18. The largest absolute Gasteiger partial charge is 0.462 e. The van der Waals surface area contributed by atoms with E-state index in [1.165, 1.54) is 24.4 Å². The number of nitrogens with two attached hydrogens (primary N) is 1. The lowest BCUT2D eigenvalue weighted by atomic mass is 10.2. The van der Waals surface area contributed by atoms with Gasteiger partial charge in [0.2, 0.25) is 0 Å². The number of anilines is 3. The minimum absolute atomic E-state index is 0.257. The number of rotatable bonds is 4. The Kier molecular flexibility index (Phi) is 4.37. The van der Waals surface area contributed by atoms with Crippen LogP contribution in [0.4, 0.5) is 21.6 Å². The summed E-state index contributed by atoms with van der Waals surface area (Å²) in [6, 6.07) is 7.39. The van der Waals surface area contributed by atoms with E-state index in [9.17, 15) is 9.18 Å². The summed E-state index contributed by atoms with van der Waals surface area (Å²) in [5, 5.41) is 0. The number of esters is 1. The first-order valence-electron chi connectivity index (χ1n) is 6.45. The Morgan fingerprint density at radius 2 is 2.05 bits per heavy atom. The molecule has 0 spiro atoms. The van der Waals surface area contributed by atoms with E-state index < -0.39 is 5.97 Å². The summed E-state index contributed by atoms with van der Waals surface area (Å²) in [6.45, 7) is 1.98. The van der Waals surface area contributed by atoms with Gasteiger partial charge in [-0.2, -0.15) is 0 Å². The number of hydrogen-bond acceptors (Lipinski definition) is 5. The molecule has 0 amide bonds. The van der Waals surface area contributed by atoms with Crippen LogP contribution in [-0.2, 0) is 4.74 Å².